The number of alkyl halides is 3. The van der Waals surface area contributed by atoms with Crippen LogP contribution in [0.2, 0.25) is 0 Å². The van der Waals surface area contributed by atoms with Gasteiger partial charge in [0.15, 0.2) is 5.78 Å². The molecule has 42 heavy (non-hydrogen) atoms. The van der Waals surface area contributed by atoms with Crippen molar-refractivity contribution < 1.29 is 41.4 Å². The maximum absolute atomic E-state index is 13.7. The molecule has 3 aromatic carbocycles. The van der Waals surface area contributed by atoms with Gasteiger partial charge in [0, 0.05) is 30.0 Å². The van der Waals surface area contributed by atoms with Gasteiger partial charge in [-0.25, -0.2) is 14.2 Å². The van der Waals surface area contributed by atoms with Crippen LogP contribution in [0, 0.1) is 12.7 Å². The van der Waals surface area contributed by atoms with Crippen LogP contribution < -0.4 is 10.1 Å². The number of benzene rings is 3. The van der Waals surface area contributed by atoms with Gasteiger partial charge in [0.25, 0.3) is 0 Å². The standard InChI is InChI=1S/C31H26F4N2O5/c1-19-25(37-29(42-19)22-9-11-23(32)12-10-22)15-16-41-24-13-7-20(8-14-24)17-26(30(39)40)36-28(31(33,34)35)18-27(38)21-5-3-2-4-6-21/h2-14,18,26,36H,15-17H2,1H3,(H,39,40)/t26-/m0/s1. The number of nitrogens with zero attached hydrogens (tertiary/aromatic N) is 1. The van der Waals surface area contributed by atoms with Gasteiger partial charge >= 0.3 is 12.1 Å². The van der Waals surface area contributed by atoms with Gasteiger partial charge < -0.3 is 19.6 Å². The van der Waals surface area contributed by atoms with Crippen LogP contribution in [0.25, 0.3) is 11.5 Å². The first-order valence-electron chi connectivity index (χ1n) is 12.8. The predicted molar refractivity (Wildman–Crippen MR) is 145 cm³/mol. The van der Waals surface area contributed by atoms with E-state index in [1.54, 1.807) is 49.4 Å². The molecule has 0 unspecified atom stereocenters. The summed E-state index contributed by atoms with van der Waals surface area (Å²) in [4.78, 5) is 28.6. The summed E-state index contributed by atoms with van der Waals surface area (Å²) in [6.45, 7) is 2.00. The summed E-state index contributed by atoms with van der Waals surface area (Å²) in [5.74, 6) is -1.37. The first-order valence-corrected chi connectivity index (χ1v) is 12.8. The summed E-state index contributed by atoms with van der Waals surface area (Å²) < 4.78 is 65.6. The van der Waals surface area contributed by atoms with E-state index in [0.29, 0.717) is 46.7 Å². The number of ether oxygens (including phenoxy) is 1. The fourth-order valence-electron chi connectivity index (χ4n) is 4.01. The van der Waals surface area contributed by atoms with Crippen LogP contribution in [0.3, 0.4) is 0 Å². The molecule has 1 heterocycles. The SMILES string of the molecule is Cc1oc(-c2ccc(F)cc2)nc1CCOc1ccc(C[C@H](NC(=CC(=O)c2ccccc2)C(F)(F)F)C(=O)O)cc1. The molecule has 0 aliphatic heterocycles. The lowest BCUT2D eigenvalue weighted by Crippen LogP contribution is -2.42. The van der Waals surface area contributed by atoms with E-state index in [1.165, 1.54) is 36.4 Å². The fraction of sp³-hybridized carbons (Fsp3) is 0.194. The van der Waals surface area contributed by atoms with Crippen molar-refractivity contribution in [3.8, 4) is 17.2 Å². The summed E-state index contributed by atoms with van der Waals surface area (Å²) >= 11 is 0. The Morgan fingerprint density at radius 2 is 1.69 bits per heavy atom. The first kappa shape index (κ1) is 30.0. The molecule has 4 aromatic rings. The normalized spacial score (nSPS) is 12.5. The average Bonchev–Trinajstić information content (AvgIpc) is 3.33. The molecule has 0 aliphatic rings. The monoisotopic (exact) mass is 582 g/mol. The number of carboxylic acids is 1. The second-order valence-electron chi connectivity index (χ2n) is 9.30. The molecule has 0 aliphatic carbocycles. The molecule has 0 amide bonds. The number of aromatic nitrogens is 1. The van der Waals surface area contributed by atoms with E-state index in [9.17, 15) is 32.3 Å². The number of hydrogen-bond donors (Lipinski definition) is 2. The Hall–Kier alpha value is -4.93. The number of aliphatic carboxylic acids is 1. The molecule has 1 aromatic heterocycles. The minimum Gasteiger partial charge on any atom is -0.493 e. The van der Waals surface area contributed by atoms with Crippen molar-refractivity contribution >= 4 is 11.8 Å². The highest BCUT2D eigenvalue weighted by Crippen LogP contribution is 2.26. The van der Waals surface area contributed by atoms with Crippen LogP contribution in [0.5, 0.6) is 5.75 Å². The number of allylic oxidation sites excluding steroid dienone is 2. The number of halogens is 4. The van der Waals surface area contributed by atoms with E-state index in [1.807, 2.05) is 5.32 Å². The molecular formula is C31H26F4N2O5. The number of nitrogens with one attached hydrogen (secondary N) is 1. The molecule has 2 N–H and O–H groups in total. The van der Waals surface area contributed by atoms with Gasteiger partial charge in [0.05, 0.1) is 12.3 Å². The van der Waals surface area contributed by atoms with E-state index >= 15 is 0 Å². The Morgan fingerprint density at radius 1 is 1.02 bits per heavy atom. The number of rotatable bonds is 12. The third-order valence-corrected chi connectivity index (χ3v) is 6.22. The zero-order valence-corrected chi connectivity index (χ0v) is 22.3. The van der Waals surface area contributed by atoms with Crippen molar-refractivity contribution in [1.29, 1.82) is 0 Å². The Morgan fingerprint density at radius 3 is 2.31 bits per heavy atom. The van der Waals surface area contributed by atoms with E-state index in [4.69, 9.17) is 9.15 Å². The van der Waals surface area contributed by atoms with Crippen LogP contribution >= 0.6 is 0 Å². The minimum absolute atomic E-state index is 0.0375. The van der Waals surface area contributed by atoms with Gasteiger partial charge in [-0.05, 0) is 48.9 Å². The summed E-state index contributed by atoms with van der Waals surface area (Å²) in [5, 5.41) is 11.6. The summed E-state index contributed by atoms with van der Waals surface area (Å²) in [7, 11) is 0. The maximum atomic E-state index is 13.7. The van der Waals surface area contributed by atoms with Crippen LogP contribution in [0.1, 0.15) is 27.4 Å². The van der Waals surface area contributed by atoms with Crippen molar-refractivity contribution in [3.05, 3.63) is 119 Å². The van der Waals surface area contributed by atoms with Crippen molar-refractivity contribution in [2.45, 2.75) is 32.0 Å². The zero-order chi connectivity index (χ0) is 30.3. The van der Waals surface area contributed by atoms with Gasteiger partial charge in [-0.1, -0.05) is 42.5 Å². The smallest absolute Gasteiger partial charge is 0.431 e. The number of aryl methyl sites for hydroxylation is 1. The predicted octanol–water partition coefficient (Wildman–Crippen LogP) is 6.33. The minimum atomic E-state index is -4.97. The second-order valence-corrected chi connectivity index (χ2v) is 9.30. The van der Waals surface area contributed by atoms with E-state index in [2.05, 4.69) is 4.98 Å². The number of hydrogen-bond acceptors (Lipinski definition) is 6. The van der Waals surface area contributed by atoms with Gasteiger partial charge in [-0.2, -0.15) is 13.2 Å². The molecular weight excluding hydrogens is 556 g/mol. The second kappa shape index (κ2) is 13.2. The Labute approximate surface area is 238 Å². The molecule has 218 valence electrons. The highest BCUT2D eigenvalue weighted by Gasteiger charge is 2.37. The van der Waals surface area contributed by atoms with E-state index < -0.39 is 29.7 Å². The topological polar surface area (TPSA) is 102 Å². The van der Waals surface area contributed by atoms with Crippen molar-refractivity contribution in [3.63, 3.8) is 0 Å². The zero-order valence-electron chi connectivity index (χ0n) is 22.3. The number of ketones is 1. The quantitative estimate of drug-likeness (QED) is 0.114. The number of carboxylic acid groups (broad SMARTS) is 1. The summed E-state index contributed by atoms with van der Waals surface area (Å²) in [5.41, 5.74) is 0.331. The van der Waals surface area contributed by atoms with Gasteiger partial charge in [0.1, 0.15) is 29.1 Å². The molecule has 4 rings (SSSR count). The number of carbonyl (C=O) groups is 2. The maximum Gasteiger partial charge on any atom is 0.431 e. The third-order valence-electron chi connectivity index (χ3n) is 6.22. The molecule has 0 fully saturated rings. The first-order chi connectivity index (χ1) is 20.0. The average molecular weight is 583 g/mol. The van der Waals surface area contributed by atoms with Gasteiger partial charge in [0.2, 0.25) is 5.89 Å². The molecule has 7 nitrogen and oxygen atoms in total. The van der Waals surface area contributed by atoms with Crippen LogP contribution in [0.15, 0.2) is 95.1 Å². The molecule has 11 heteroatoms. The Bertz CT molecular complexity index is 1550. The van der Waals surface area contributed by atoms with Crippen LogP contribution in [-0.4, -0.2) is 40.7 Å². The molecule has 0 spiro atoms. The molecule has 0 saturated carbocycles. The van der Waals surface area contributed by atoms with Crippen LogP contribution in [-0.2, 0) is 17.6 Å². The summed E-state index contributed by atoms with van der Waals surface area (Å²) in [6.07, 6.45) is -4.48. The lowest BCUT2D eigenvalue weighted by Gasteiger charge is -2.20. The van der Waals surface area contributed by atoms with E-state index in [0.717, 1.165) is 0 Å². The highest BCUT2D eigenvalue weighted by molar-refractivity contribution is 6.05. The molecule has 0 radical (unpaired) electrons. The summed E-state index contributed by atoms with van der Waals surface area (Å²) in [6, 6.07) is 17.7. The number of carbonyl (C=O) groups excluding carboxylic acids is 1. The molecule has 0 bridgehead atoms. The highest BCUT2D eigenvalue weighted by atomic mass is 19.4. The van der Waals surface area contributed by atoms with Crippen LogP contribution in [0.4, 0.5) is 17.6 Å². The van der Waals surface area contributed by atoms with Crippen molar-refractivity contribution in [1.82, 2.24) is 10.3 Å². The van der Waals surface area contributed by atoms with Crippen molar-refractivity contribution in [2.24, 2.45) is 0 Å². The van der Waals surface area contributed by atoms with E-state index in [-0.39, 0.29) is 24.4 Å². The van der Waals surface area contributed by atoms with Crippen molar-refractivity contribution in [2.75, 3.05) is 6.61 Å². The largest absolute Gasteiger partial charge is 0.493 e. The van der Waals surface area contributed by atoms with Gasteiger partial charge in [-0.3, -0.25) is 4.79 Å². The lowest BCUT2D eigenvalue weighted by atomic mass is 10.0. The Kier molecular flexibility index (Phi) is 9.41. The molecule has 1 atom stereocenters. The van der Waals surface area contributed by atoms with Gasteiger partial charge in [-0.15, -0.1) is 0 Å². The lowest BCUT2D eigenvalue weighted by molar-refractivity contribution is -0.140. The fourth-order valence-corrected chi connectivity index (χ4v) is 4.01. The third kappa shape index (κ3) is 8.06. The Balaban J connectivity index is 1.36. The number of oxazole rings is 1. The molecule has 0 saturated heterocycles.